The standard InChI is InChI=1S/C12H20N2O2/c1-5-6-7-11-13(4)9(2)8-14(11)10(3)12(15)16/h8,10H,5-7H2,1-4H3/p+1. The third-order valence-electron chi connectivity index (χ3n) is 3.07. The number of carbonyl (C=O) groups is 1. The number of hydrogen-bond acceptors (Lipinski definition) is 1. The van der Waals surface area contributed by atoms with Crippen molar-refractivity contribution in [1.82, 2.24) is 4.57 Å². The predicted molar refractivity (Wildman–Crippen MR) is 61.3 cm³/mol. The predicted octanol–water partition coefficient (Wildman–Crippen LogP) is 1.61. The van der Waals surface area contributed by atoms with Gasteiger partial charge in [-0.25, -0.2) is 13.9 Å². The maximum Gasteiger partial charge on any atom is 0.349 e. The van der Waals surface area contributed by atoms with E-state index in [4.69, 9.17) is 5.11 Å². The molecule has 0 fully saturated rings. The van der Waals surface area contributed by atoms with Crippen molar-refractivity contribution in [2.75, 3.05) is 0 Å². The lowest BCUT2D eigenvalue weighted by atomic mass is 10.2. The summed E-state index contributed by atoms with van der Waals surface area (Å²) in [5.41, 5.74) is 1.10. The van der Waals surface area contributed by atoms with Gasteiger partial charge in [-0.05, 0) is 13.3 Å². The van der Waals surface area contributed by atoms with Crippen molar-refractivity contribution in [1.29, 1.82) is 0 Å². The van der Waals surface area contributed by atoms with E-state index in [0.717, 1.165) is 30.8 Å². The maximum atomic E-state index is 11.0. The Balaban J connectivity index is 3.07. The number of carboxylic acid groups (broad SMARTS) is 1. The first-order valence-corrected chi connectivity index (χ1v) is 5.78. The molecule has 1 N–H and O–H groups in total. The Kier molecular flexibility index (Phi) is 4.10. The van der Waals surface area contributed by atoms with E-state index in [1.807, 2.05) is 24.7 Å². The average Bonchev–Trinajstić information content (AvgIpc) is 2.52. The molecule has 16 heavy (non-hydrogen) atoms. The van der Waals surface area contributed by atoms with Gasteiger partial charge in [0, 0.05) is 13.3 Å². The van der Waals surface area contributed by atoms with Gasteiger partial charge in [0.1, 0.15) is 11.9 Å². The number of aliphatic carboxylic acids is 1. The molecule has 90 valence electrons. The first-order valence-electron chi connectivity index (χ1n) is 5.78. The van der Waals surface area contributed by atoms with Crippen molar-refractivity contribution in [3.8, 4) is 0 Å². The van der Waals surface area contributed by atoms with Gasteiger partial charge in [-0.15, -0.1) is 0 Å². The summed E-state index contributed by atoms with van der Waals surface area (Å²) in [4.78, 5) is 11.0. The highest BCUT2D eigenvalue weighted by molar-refractivity contribution is 5.69. The van der Waals surface area contributed by atoms with Gasteiger partial charge in [0.2, 0.25) is 0 Å². The van der Waals surface area contributed by atoms with E-state index < -0.39 is 12.0 Å². The second-order valence-corrected chi connectivity index (χ2v) is 4.27. The van der Waals surface area contributed by atoms with Crippen molar-refractivity contribution < 1.29 is 14.5 Å². The van der Waals surface area contributed by atoms with Gasteiger partial charge in [-0.3, -0.25) is 0 Å². The summed E-state index contributed by atoms with van der Waals surface area (Å²) >= 11 is 0. The number of imidazole rings is 1. The van der Waals surface area contributed by atoms with Crippen LogP contribution in [0.5, 0.6) is 0 Å². The molecule has 0 spiro atoms. The number of aryl methyl sites for hydroxylation is 1. The number of rotatable bonds is 5. The van der Waals surface area contributed by atoms with Gasteiger partial charge in [-0.2, -0.15) is 0 Å². The van der Waals surface area contributed by atoms with E-state index in [-0.39, 0.29) is 0 Å². The van der Waals surface area contributed by atoms with Crippen LogP contribution in [0.2, 0.25) is 0 Å². The lowest BCUT2D eigenvalue weighted by molar-refractivity contribution is -0.714. The fourth-order valence-electron chi connectivity index (χ4n) is 1.83. The summed E-state index contributed by atoms with van der Waals surface area (Å²) < 4.78 is 3.95. The van der Waals surface area contributed by atoms with Gasteiger partial charge >= 0.3 is 5.97 Å². The van der Waals surface area contributed by atoms with Crippen LogP contribution in [-0.2, 0) is 18.3 Å². The van der Waals surface area contributed by atoms with E-state index in [0.29, 0.717) is 0 Å². The highest BCUT2D eigenvalue weighted by Gasteiger charge is 2.26. The second kappa shape index (κ2) is 5.14. The third kappa shape index (κ3) is 2.43. The summed E-state index contributed by atoms with van der Waals surface area (Å²) in [6.45, 7) is 5.86. The third-order valence-corrected chi connectivity index (χ3v) is 3.07. The fraction of sp³-hybridized carbons (Fsp3) is 0.667. The molecule has 1 atom stereocenters. The molecular formula is C12H21N2O2+. The number of nitrogens with zero attached hydrogens (tertiary/aromatic N) is 2. The molecule has 0 aliphatic rings. The Morgan fingerprint density at radius 1 is 1.62 bits per heavy atom. The molecule has 1 aromatic rings. The van der Waals surface area contributed by atoms with E-state index in [9.17, 15) is 4.79 Å². The van der Waals surface area contributed by atoms with Crippen molar-refractivity contribution >= 4 is 5.97 Å². The highest BCUT2D eigenvalue weighted by Crippen LogP contribution is 2.08. The Morgan fingerprint density at radius 2 is 2.25 bits per heavy atom. The van der Waals surface area contributed by atoms with E-state index >= 15 is 0 Å². The van der Waals surface area contributed by atoms with Crippen LogP contribution in [0.3, 0.4) is 0 Å². The zero-order valence-corrected chi connectivity index (χ0v) is 10.5. The Hall–Kier alpha value is -1.32. The van der Waals surface area contributed by atoms with Gasteiger partial charge < -0.3 is 5.11 Å². The van der Waals surface area contributed by atoms with E-state index in [1.165, 1.54) is 0 Å². The summed E-state index contributed by atoms with van der Waals surface area (Å²) in [5, 5.41) is 9.06. The number of carboxylic acids is 1. The molecule has 0 aliphatic heterocycles. The van der Waals surface area contributed by atoms with Crippen LogP contribution < -0.4 is 4.57 Å². The van der Waals surface area contributed by atoms with Crippen LogP contribution in [0, 0.1) is 6.92 Å². The summed E-state index contributed by atoms with van der Waals surface area (Å²) in [7, 11) is 1.99. The Bertz CT molecular complexity index is 383. The number of unbranched alkanes of at least 4 members (excludes halogenated alkanes) is 1. The van der Waals surface area contributed by atoms with Crippen molar-refractivity contribution in [3.05, 3.63) is 17.7 Å². The normalized spacial score (nSPS) is 12.8. The highest BCUT2D eigenvalue weighted by atomic mass is 16.4. The van der Waals surface area contributed by atoms with Gasteiger partial charge in [0.25, 0.3) is 5.82 Å². The van der Waals surface area contributed by atoms with Crippen LogP contribution in [0.15, 0.2) is 6.20 Å². The molecule has 0 aromatic carbocycles. The molecule has 0 saturated carbocycles. The van der Waals surface area contributed by atoms with Crippen LogP contribution in [0.4, 0.5) is 0 Å². The maximum absolute atomic E-state index is 11.0. The average molecular weight is 225 g/mol. The molecular weight excluding hydrogens is 204 g/mol. The minimum atomic E-state index is -0.784. The van der Waals surface area contributed by atoms with Gasteiger partial charge in [0.15, 0.2) is 6.04 Å². The Morgan fingerprint density at radius 3 is 2.75 bits per heavy atom. The molecule has 1 aromatic heterocycles. The first-order chi connectivity index (χ1) is 7.49. The second-order valence-electron chi connectivity index (χ2n) is 4.27. The van der Waals surface area contributed by atoms with Gasteiger partial charge in [-0.1, -0.05) is 13.3 Å². The molecule has 0 saturated heterocycles. The molecule has 1 rings (SSSR count). The van der Waals surface area contributed by atoms with Crippen LogP contribution in [-0.4, -0.2) is 15.6 Å². The quantitative estimate of drug-likeness (QED) is 0.774. The first kappa shape index (κ1) is 12.7. The summed E-state index contributed by atoms with van der Waals surface area (Å²) in [6, 6.07) is -0.494. The smallest absolute Gasteiger partial charge is 0.349 e. The van der Waals surface area contributed by atoms with Crippen molar-refractivity contribution in [3.63, 3.8) is 0 Å². The van der Waals surface area contributed by atoms with Gasteiger partial charge in [0.05, 0.1) is 7.05 Å². The lowest BCUT2D eigenvalue weighted by Gasteiger charge is -2.06. The Labute approximate surface area is 96.5 Å². The molecule has 0 radical (unpaired) electrons. The SMILES string of the molecule is CCCCc1n(C)c(C)c[n+]1C(C)C(=O)O. The van der Waals surface area contributed by atoms with Crippen LogP contribution in [0.1, 0.15) is 44.2 Å². The summed E-state index contributed by atoms with van der Waals surface area (Å²) in [5.74, 6) is 0.308. The van der Waals surface area contributed by atoms with Crippen molar-refractivity contribution in [2.24, 2.45) is 7.05 Å². The largest absolute Gasteiger partial charge is 0.478 e. The van der Waals surface area contributed by atoms with E-state index in [1.54, 1.807) is 6.92 Å². The molecule has 1 unspecified atom stereocenters. The minimum absolute atomic E-state index is 0.494. The molecule has 1 heterocycles. The minimum Gasteiger partial charge on any atom is -0.478 e. The monoisotopic (exact) mass is 225 g/mol. The summed E-state index contributed by atoms with van der Waals surface area (Å²) in [6.07, 6.45) is 5.05. The number of aromatic nitrogens is 2. The molecule has 4 heteroatoms. The topological polar surface area (TPSA) is 46.1 Å². The molecule has 0 amide bonds. The molecule has 0 bridgehead atoms. The number of hydrogen-bond donors (Lipinski definition) is 1. The zero-order chi connectivity index (χ0) is 12.3. The zero-order valence-electron chi connectivity index (χ0n) is 10.5. The van der Waals surface area contributed by atoms with Crippen LogP contribution >= 0.6 is 0 Å². The van der Waals surface area contributed by atoms with Crippen LogP contribution in [0.25, 0.3) is 0 Å². The molecule has 4 nitrogen and oxygen atoms in total. The molecule has 0 aliphatic carbocycles. The fourth-order valence-corrected chi connectivity index (χ4v) is 1.83. The van der Waals surface area contributed by atoms with Crippen molar-refractivity contribution in [2.45, 2.75) is 46.1 Å². The van der Waals surface area contributed by atoms with E-state index in [2.05, 4.69) is 11.5 Å². The lowest BCUT2D eigenvalue weighted by Crippen LogP contribution is -2.44.